The Kier molecular flexibility index (Phi) is 38.7. The number of carboxylic acid groups (broad SMARTS) is 1. The van der Waals surface area contributed by atoms with Crippen LogP contribution in [-0.2, 0) is 38.2 Å². The second kappa shape index (κ2) is 41.6. The monoisotopic (exact) mass is 2100 g/mol. The average molecular weight is 2100 g/mol. The van der Waals surface area contributed by atoms with E-state index in [0.29, 0.717) is 32.5 Å². The van der Waals surface area contributed by atoms with Gasteiger partial charge in [0.2, 0.25) is 0 Å². The van der Waals surface area contributed by atoms with Gasteiger partial charge in [0, 0.05) is 83.4 Å². The van der Waals surface area contributed by atoms with Crippen LogP contribution in [0.5, 0.6) is 0 Å². The number of ether oxygens (including phenoxy) is 3. The first-order valence-corrected chi connectivity index (χ1v) is 55.5. The molecule has 0 aromatic carbocycles. The summed E-state index contributed by atoms with van der Waals surface area (Å²) in [4.78, 5) is 61.8. The molecular weight excluding hydrogens is 1970 g/mol. The standard InChI is InChI=1S/C43H62O5.C22H34O5.C20H28O2.I3.I2.HI/c1-12-41(10)26-35(42(11)32(6)21-24-43(33(7)39(41)46)23-20-31(5)38(42)43)48-37(45)27-47-36(44)25-29(3)16-13-15-28(2)18-19-34-30(4)17-14-22-40(34,8)9;1-6-20(4)11-16(27-17(25)12-23)21(5)13(2)7-9-22(14(3)19(20)26)10-8-15(24)18(21)22;1-15(8-6-9-16(2)14-19(21)22)11-12-18-17(3)10-7-13-20(18,4)5;1-3-2;1-2;/h12-13,15-16,18-19,25,32-33,35,38-39,46H,1,5,14,17,20-24,26-27H2,2-4,6-11H3;6,13-14,16,18-19,23,26H,1,7-12H2,2-5H3;6,8-9,11-12,14H,7,10,13H2,1-5H3,(H,21,22);;;1H/q;;;-1;;/b16-13+,19-18+,28-15+,29-25+;;9-6+,12-11+,15-8+,16-14+;;;/t32?,33-,35+,38-,39-,41+,42?,43?;13?,14-,16+,18-,19-,20+,21?,22?;;;;/m00..../s1. The number of aliphatic hydroxyl groups is 3. The number of carbonyl (C=O) groups is 5. The van der Waals surface area contributed by atoms with E-state index >= 15 is 0 Å². The fraction of sp³-hybridized carbons (Fsp3) is 0.635. The number of carboxylic acids is 1. The normalized spacial score (nSPS) is 35.0. The third kappa shape index (κ3) is 23.1. The number of ketones is 1. The van der Waals surface area contributed by atoms with Gasteiger partial charge in [-0.2, -0.15) is 0 Å². The van der Waals surface area contributed by atoms with Crippen molar-refractivity contribution < 1.29 is 71.9 Å². The molecule has 4 bridgehead atoms. The van der Waals surface area contributed by atoms with Crippen LogP contribution in [0.4, 0.5) is 0 Å². The van der Waals surface area contributed by atoms with E-state index in [1.54, 1.807) is 19.1 Å². The van der Waals surface area contributed by atoms with Gasteiger partial charge < -0.3 is 34.6 Å². The second-order valence-corrected chi connectivity index (χ2v) is 49.6. The molecule has 0 aliphatic heterocycles. The van der Waals surface area contributed by atoms with Gasteiger partial charge in [-0.15, -0.1) is 37.1 Å². The van der Waals surface area contributed by atoms with Gasteiger partial charge in [0.25, 0.3) is 0 Å². The summed E-state index contributed by atoms with van der Waals surface area (Å²) in [6.45, 7) is 49.9. The molecule has 6 fully saturated rings. The zero-order chi connectivity index (χ0) is 77.3. The Morgan fingerprint density at radius 1 is 0.592 bits per heavy atom. The molecule has 0 spiro atoms. The maximum atomic E-state index is 13.3. The van der Waals surface area contributed by atoms with Crippen molar-refractivity contribution in [2.24, 2.45) is 78.8 Å². The van der Waals surface area contributed by atoms with Gasteiger partial charge in [0.05, 0.1) is 12.2 Å². The number of allylic oxidation sites excluding steroid dienone is 19. The molecule has 4 N–H and O–H groups in total. The van der Waals surface area contributed by atoms with E-state index in [1.807, 2.05) is 57.2 Å². The minimum absolute atomic E-state index is 0. The van der Waals surface area contributed by atoms with Crippen molar-refractivity contribution in [2.45, 2.75) is 252 Å². The summed E-state index contributed by atoms with van der Waals surface area (Å²) in [5.74, 6) is -2.11. The molecule has 103 heavy (non-hydrogen) atoms. The van der Waals surface area contributed by atoms with Crippen LogP contribution in [-0.4, -0.2) is 87.7 Å². The van der Waals surface area contributed by atoms with Crippen molar-refractivity contribution >= 4 is 128 Å². The van der Waals surface area contributed by atoms with Crippen molar-refractivity contribution in [1.82, 2.24) is 0 Å². The molecule has 8 aliphatic carbocycles. The van der Waals surface area contributed by atoms with Crippen LogP contribution in [0.25, 0.3) is 0 Å². The number of halogens is 6. The third-order valence-electron chi connectivity index (χ3n) is 26.0. The fourth-order valence-electron chi connectivity index (χ4n) is 19.5. The Balaban J connectivity index is 0.000000423. The number of carbonyl (C=O) groups excluding carboxylic acids is 4. The van der Waals surface area contributed by atoms with Gasteiger partial charge in [0.1, 0.15) is 24.6 Å². The first-order valence-electron chi connectivity index (χ1n) is 36.7. The average Bonchev–Trinajstić information content (AvgIpc) is 1.65. The first kappa shape index (κ1) is 95.6. The summed E-state index contributed by atoms with van der Waals surface area (Å²) in [6.07, 6.45) is 39.4. The number of aliphatic carboxylic acids is 1. The summed E-state index contributed by atoms with van der Waals surface area (Å²) in [5, 5.41) is 41.0. The molecule has 18 heteroatoms. The fourth-order valence-corrected chi connectivity index (χ4v) is 19.5. The molecule has 0 radical (unpaired) electrons. The molecule has 0 amide bonds. The quantitative estimate of drug-likeness (QED) is 0.0269. The summed E-state index contributed by atoms with van der Waals surface area (Å²) < 4.78 is 17.4. The van der Waals surface area contributed by atoms with E-state index < -0.39 is 77.8 Å². The molecule has 16 atom stereocenters. The molecule has 8 rings (SSSR count). The molecule has 0 aromatic rings. The molecule has 0 aromatic heterocycles. The number of Topliss-reactive ketones (excluding diaryl/α,β-unsaturated/α-hetero) is 1. The van der Waals surface area contributed by atoms with Crippen molar-refractivity contribution in [3.05, 3.63) is 155 Å². The Labute approximate surface area is 690 Å². The van der Waals surface area contributed by atoms with Crippen LogP contribution in [0.3, 0.4) is 0 Å². The molecular formula is C85H125I6O12-. The zero-order valence-electron chi connectivity index (χ0n) is 65.1. The molecule has 8 aliphatic rings. The van der Waals surface area contributed by atoms with E-state index in [1.165, 1.54) is 72.1 Å². The molecule has 12 nitrogen and oxygen atoms in total. The Morgan fingerprint density at radius 2 is 0.990 bits per heavy atom. The molecule has 6 unspecified atom stereocenters. The van der Waals surface area contributed by atoms with Crippen LogP contribution in [0, 0.1) is 78.8 Å². The number of rotatable bonds is 17. The van der Waals surface area contributed by atoms with Gasteiger partial charge in [0.15, 0.2) is 6.61 Å². The number of esters is 3. The summed E-state index contributed by atoms with van der Waals surface area (Å²) in [7, 11) is 0. The van der Waals surface area contributed by atoms with Crippen molar-refractivity contribution in [3.63, 3.8) is 0 Å². The van der Waals surface area contributed by atoms with E-state index in [-0.39, 0.29) is 92.3 Å². The van der Waals surface area contributed by atoms with Crippen LogP contribution in [0.2, 0.25) is 0 Å². The Bertz CT molecular complexity index is 3340. The molecule has 0 saturated heterocycles. The summed E-state index contributed by atoms with van der Waals surface area (Å²) in [6, 6.07) is 0. The van der Waals surface area contributed by atoms with Gasteiger partial charge in [-0.25, -0.2) is 19.2 Å². The minimum atomic E-state index is -0.912. The van der Waals surface area contributed by atoms with Crippen LogP contribution >= 0.6 is 98.4 Å². The summed E-state index contributed by atoms with van der Waals surface area (Å²) >= 11 is 9.54. The third-order valence-corrected chi connectivity index (χ3v) is 26.0. The SMILES string of the molecule is C=C[C@]1(C)C[C@@H](OC(=O)CO)C2(C)C(C)CCC3(CCC(=O)[C@H]32)[C@@H](C)[C@@H]1O.C=C[C@]1(C)C[C@@H](OC(=O)COC(=O)/C=C(C)/C=C/C=C(C)/C=C/C2=C(C)CCCC2(C)C)C2(C)C(C)CCC3(CCC(=C)[C@H]32)[C@@H](C)[C@@H]1O.CC1=C(/C=C/C(C)=C/C=C/C(C)=C/C(=O)O)C(C)(C)CCC1.I.II.I[I-]I. The van der Waals surface area contributed by atoms with E-state index in [2.05, 4.69) is 215 Å². The van der Waals surface area contributed by atoms with Crippen LogP contribution in [0.15, 0.2) is 155 Å². The van der Waals surface area contributed by atoms with Crippen molar-refractivity contribution in [1.29, 1.82) is 0 Å². The van der Waals surface area contributed by atoms with E-state index in [0.717, 1.165) is 73.7 Å². The Morgan fingerprint density at radius 3 is 1.40 bits per heavy atom. The van der Waals surface area contributed by atoms with Crippen molar-refractivity contribution in [2.75, 3.05) is 13.2 Å². The number of hydrogen-bond donors (Lipinski definition) is 4. The number of aliphatic hydroxyl groups excluding tert-OH is 3. The van der Waals surface area contributed by atoms with Crippen LogP contribution in [0.1, 0.15) is 227 Å². The maximum absolute atomic E-state index is 13.3. The van der Waals surface area contributed by atoms with E-state index in [9.17, 15) is 39.3 Å². The van der Waals surface area contributed by atoms with Crippen molar-refractivity contribution in [3.8, 4) is 0 Å². The Hall–Kier alpha value is -1.57. The van der Waals surface area contributed by atoms with Gasteiger partial charge in [-0.3, -0.25) is 4.79 Å². The van der Waals surface area contributed by atoms with E-state index in [4.69, 9.17) is 19.3 Å². The van der Waals surface area contributed by atoms with Gasteiger partial charge in [-0.05, 0) is 211 Å². The van der Waals surface area contributed by atoms with Gasteiger partial charge >= 0.3 is 74.4 Å². The molecule has 6 saturated carbocycles. The summed E-state index contributed by atoms with van der Waals surface area (Å²) in [5.41, 5.74) is 8.71. The van der Waals surface area contributed by atoms with Gasteiger partial charge in [-0.1, -0.05) is 190 Å². The predicted molar refractivity (Wildman–Crippen MR) is 463 cm³/mol. The zero-order valence-corrected chi connectivity index (χ0v) is 78.2. The number of hydrogen-bond acceptors (Lipinski definition) is 11. The second-order valence-electron chi connectivity index (χ2n) is 33.3. The first-order chi connectivity index (χ1) is 47.6. The van der Waals surface area contributed by atoms with Crippen LogP contribution < -0.4 is 13.3 Å². The predicted octanol–water partition coefficient (Wildman–Crippen LogP) is 19.6. The topological polar surface area (TPSA) is 194 Å². The molecule has 580 valence electrons. The molecule has 0 heterocycles.